The molecular weight excluding hydrogens is 294 g/mol. The van der Waals surface area contributed by atoms with Gasteiger partial charge < -0.3 is 25.1 Å². The van der Waals surface area contributed by atoms with Gasteiger partial charge in [-0.1, -0.05) is 11.6 Å². The predicted octanol–water partition coefficient (Wildman–Crippen LogP) is 2.15. The minimum atomic E-state index is -0.721. The van der Waals surface area contributed by atoms with Gasteiger partial charge >= 0.3 is 0 Å². The standard InChI is InChI=1S/C15H24ClNO4/c1-10(7-19-3)20-8-13(18)9-21-15-5-4-12(16)6-14(15)11(2)17/h4-6,10-11,13,18H,7-9,17H2,1-3H3/t10?,11-,13?/m0/s1. The molecule has 0 aromatic heterocycles. The molecule has 2 unspecified atom stereocenters. The Morgan fingerprint density at radius 1 is 1.24 bits per heavy atom. The van der Waals surface area contributed by atoms with Crippen LogP contribution in [-0.4, -0.2) is 44.2 Å². The van der Waals surface area contributed by atoms with Gasteiger partial charge in [-0.3, -0.25) is 0 Å². The zero-order valence-corrected chi connectivity index (χ0v) is 13.5. The monoisotopic (exact) mass is 317 g/mol. The van der Waals surface area contributed by atoms with Crippen LogP contribution in [0.5, 0.6) is 5.75 Å². The minimum absolute atomic E-state index is 0.0696. The molecule has 0 fully saturated rings. The second-order valence-electron chi connectivity index (χ2n) is 5.03. The van der Waals surface area contributed by atoms with E-state index in [9.17, 15) is 5.11 Å². The second kappa shape index (κ2) is 9.23. The first-order valence-electron chi connectivity index (χ1n) is 6.90. The Kier molecular flexibility index (Phi) is 8.00. The molecule has 0 saturated heterocycles. The molecule has 1 rings (SSSR count). The molecule has 0 aliphatic heterocycles. The molecule has 0 aliphatic rings. The van der Waals surface area contributed by atoms with Crippen molar-refractivity contribution in [2.45, 2.75) is 32.1 Å². The van der Waals surface area contributed by atoms with Crippen LogP contribution >= 0.6 is 11.6 Å². The van der Waals surface area contributed by atoms with Crippen molar-refractivity contribution in [1.29, 1.82) is 0 Å². The van der Waals surface area contributed by atoms with E-state index < -0.39 is 6.10 Å². The van der Waals surface area contributed by atoms with Gasteiger partial charge in [0, 0.05) is 23.7 Å². The van der Waals surface area contributed by atoms with E-state index in [2.05, 4.69) is 0 Å². The fourth-order valence-electron chi connectivity index (χ4n) is 1.80. The van der Waals surface area contributed by atoms with Gasteiger partial charge in [-0.2, -0.15) is 0 Å². The second-order valence-corrected chi connectivity index (χ2v) is 5.47. The van der Waals surface area contributed by atoms with Gasteiger partial charge in [-0.05, 0) is 32.0 Å². The van der Waals surface area contributed by atoms with E-state index in [1.54, 1.807) is 25.3 Å². The van der Waals surface area contributed by atoms with Crippen molar-refractivity contribution in [2.75, 3.05) is 26.9 Å². The van der Waals surface area contributed by atoms with Gasteiger partial charge in [0.25, 0.3) is 0 Å². The van der Waals surface area contributed by atoms with E-state index >= 15 is 0 Å². The van der Waals surface area contributed by atoms with Crippen LogP contribution < -0.4 is 10.5 Å². The van der Waals surface area contributed by atoms with E-state index in [-0.39, 0.29) is 25.4 Å². The van der Waals surface area contributed by atoms with Crippen molar-refractivity contribution < 1.29 is 19.3 Å². The molecule has 6 heteroatoms. The summed E-state index contributed by atoms with van der Waals surface area (Å²) in [4.78, 5) is 0. The van der Waals surface area contributed by atoms with Crippen LogP contribution in [0.25, 0.3) is 0 Å². The summed E-state index contributed by atoms with van der Waals surface area (Å²) in [6.07, 6.45) is -0.791. The van der Waals surface area contributed by atoms with E-state index in [1.807, 2.05) is 13.8 Å². The number of aliphatic hydroxyl groups excluding tert-OH is 1. The van der Waals surface area contributed by atoms with Gasteiger partial charge in [-0.15, -0.1) is 0 Å². The van der Waals surface area contributed by atoms with Crippen LogP contribution in [0.3, 0.4) is 0 Å². The highest BCUT2D eigenvalue weighted by atomic mass is 35.5. The molecule has 0 aliphatic carbocycles. The Morgan fingerprint density at radius 2 is 1.95 bits per heavy atom. The van der Waals surface area contributed by atoms with E-state index in [4.69, 9.17) is 31.5 Å². The fourth-order valence-corrected chi connectivity index (χ4v) is 1.98. The third kappa shape index (κ3) is 6.63. The maximum absolute atomic E-state index is 9.86. The third-order valence-corrected chi connectivity index (χ3v) is 3.10. The summed E-state index contributed by atoms with van der Waals surface area (Å²) in [5.41, 5.74) is 6.69. The zero-order valence-electron chi connectivity index (χ0n) is 12.7. The lowest BCUT2D eigenvalue weighted by Crippen LogP contribution is -2.27. The summed E-state index contributed by atoms with van der Waals surface area (Å²) in [6.45, 7) is 4.53. The van der Waals surface area contributed by atoms with Gasteiger partial charge in [0.1, 0.15) is 18.5 Å². The molecule has 0 radical (unpaired) electrons. The minimum Gasteiger partial charge on any atom is -0.490 e. The summed E-state index contributed by atoms with van der Waals surface area (Å²) >= 11 is 5.95. The highest BCUT2D eigenvalue weighted by molar-refractivity contribution is 6.30. The average Bonchev–Trinajstić information content (AvgIpc) is 2.44. The number of hydrogen-bond donors (Lipinski definition) is 2. The number of rotatable bonds is 9. The molecule has 0 heterocycles. The molecule has 0 amide bonds. The Morgan fingerprint density at radius 3 is 2.57 bits per heavy atom. The van der Waals surface area contributed by atoms with Crippen molar-refractivity contribution in [2.24, 2.45) is 5.73 Å². The number of benzene rings is 1. The number of methoxy groups -OCH3 is 1. The van der Waals surface area contributed by atoms with Crippen molar-refractivity contribution in [1.82, 2.24) is 0 Å². The first-order valence-corrected chi connectivity index (χ1v) is 7.28. The van der Waals surface area contributed by atoms with Crippen molar-refractivity contribution >= 4 is 11.6 Å². The molecular formula is C15H24ClNO4. The van der Waals surface area contributed by atoms with Gasteiger partial charge in [-0.25, -0.2) is 0 Å². The number of nitrogens with two attached hydrogens (primary N) is 1. The van der Waals surface area contributed by atoms with Crippen molar-refractivity contribution in [3.63, 3.8) is 0 Å². The third-order valence-electron chi connectivity index (χ3n) is 2.87. The maximum atomic E-state index is 9.86. The molecule has 0 saturated carbocycles. The number of aliphatic hydroxyl groups is 1. The van der Waals surface area contributed by atoms with E-state index in [0.717, 1.165) is 5.56 Å². The molecule has 3 N–H and O–H groups in total. The first kappa shape index (κ1) is 18.2. The number of halogens is 1. The van der Waals surface area contributed by atoms with E-state index in [1.165, 1.54) is 0 Å². The summed E-state index contributed by atoms with van der Waals surface area (Å²) in [7, 11) is 1.61. The smallest absolute Gasteiger partial charge is 0.124 e. The van der Waals surface area contributed by atoms with Crippen molar-refractivity contribution in [3.8, 4) is 5.75 Å². The molecule has 1 aromatic rings. The molecule has 0 spiro atoms. The van der Waals surface area contributed by atoms with Crippen LogP contribution in [0, 0.1) is 0 Å². The molecule has 21 heavy (non-hydrogen) atoms. The Hall–Kier alpha value is -0.850. The summed E-state index contributed by atoms with van der Waals surface area (Å²) in [5.74, 6) is 0.624. The van der Waals surface area contributed by atoms with Crippen LogP contribution in [0.2, 0.25) is 5.02 Å². The van der Waals surface area contributed by atoms with Gasteiger partial charge in [0.2, 0.25) is 0 Å². The van der Waals surface area contributed by atoms with Crippen molar-refractivity contribution in [3.05, 3.63) is 28.8 Å². The SMILES string of the molecule is COCC(C)OCC(O)COc1ccc(Cl)cc1[C@H](C)N. The first-order chi connectivity index (χ1) is 9.93. The summed E-state index contributed by atoms with van der Waals surface area (Å²) < 4.78 is 16.0. The number of hydrogen-bond acceptors (Lipinski definition) is 5. The molecule has 1 aromatic carbocycles. The fraction of sp³-hybridized carbons (Fsp3) is 0.600. The highest BCUT2D eigenvalue weighted by Crippen LogP contribution is 2.27. The van der Waals surface area contributed by atoms with Gasteiger partial charge in [0.15, 0.2) is 0 Å². The topological polar surface area (TPSA) is 73.9 Å². The summed E-state index contributed by atoms with van der Waals surface area (Å²) in [5, 5.41) is 10.5. The average molecular weight is 318 g/mol. The largest absolute Gasteiger partial charge is 0.490 e. The van der Waals surface area contributed by atoms with Crippen LogP contribution in [0.15, 0.2) is 18.2 Å². The molecule has 120 valence electrons. The lowest BCUT2D eigenvalue weighted by Gasteiger charge is -2.18. The van der Waals surface area contributed by atoms with Gasteiger partial charge in [0.05, 0.1) is 19.3 Å². The van der Waals surface area contributed by atoms with Crippen LogP contribution in [0.1, 0.15) is 25.5 Å². The summed E-state index contributed by atoms with van der Waals surface area (Å²) in [6, 6.07) is 5.05. The van der Waals surface area contributed by atoms with Crippen LogP contribution in [-0.2, 0) is 9.47 Å². The van der Waals surface area contributed by atoms with E-state index in [0.29, 0.717) is 17.4 Å². The highest BCUT2D eigenvalue weighted by Gasteiger charge is 2.13. The quantitative estimate of drug-likeness (QED) is 0.730. The Bertz CT molecular complexity index is 428. The lowest BCUT2D eigenvalue weighted by molar-refractivity contribution is -0.0423. The Labute approximate surface area is 130 Å². The maximum Gasteiger partial charge on any atom is 0.124 e. The normalized spacial score (nSPS) is 15.5. The molecule has 0 bridgehead atoms. The molecule has 5 nitrogen and oxygen atoms in total. The molecule has 3 atom stereocenters. The Balaban J connectivity index is 2.47. The predicted molar refractivity (Wildman–Crippen MR) is 82.8 cm³/mol. The number of ether oxygens (including phenoxy) is 3. The lowest BCUT2D eigenvalue weighted by atomic mass is 10.1. The van der Waals surface area contributed by atoms with Crippen LogP contribution in [0.4, 0.5) is 0 Å². The zero-order chi connectivity index (χ0) is 15.8.